The van der Waals surface area contributed by atoms with Crippen LogP contribution in [0.25, 0.3) is 32.1 Å². The largest absolute Gasteiger partial charge is 0.369 e. The number of piperidine rings is 1. The molecule has 188 valence electrons. The molecule has 3 heterocycles. The lowest BCUT2D eigenvalue weighted by Crippen LogP contribution is -2.37. The van der Waals surface area contributed by atoms with Gasteiger partial charge in [0.25, 0.3) is 0 Å². The fourth-order valence-corrected chi connectivity index (χ4v) is 8.43. The van der Waals surface area contributed by atoms with E-state index in [2.05, 4.69) is 23.2 Å². The molecule has 1 saturated heterocycles. The van der Waals surface area contributed by atoms with Crippen molar-refractivity contribution in [2.24, 2.45) is 5.73 Å². The normalized spacial score (nSPS) is 15.5. The monoisotopic (exact) mass is 529 g/mol. The molecular formula is C29H27N3O3S2. The summed E-state index contributed by atoms with van der Waals surface area (Å²) in [6, 6.07) is 21.9. The highest BCUT2D eigenvalue weighted by Crippen LogP contribution is 2.39. The molecule has 5 aromatic rings. The maximum Gasteiger partial charge on any atom is 0.244 e. The van der Waals surface area contributed by atoms with E-state index in [1.54, 1.807) is 9.69 Å². The summed E-state index contributed by atoms with van der Waals surface area (Å²) < 4.78 is 29.6. The standard InChI is InChI=1S/C29H27N3O3S2/c30-28(33)16-22-14-21(19-6-2-1-3-7-19)15-24-25(17-31-29(22)24)20-10-12-32(13-11-20)37(34,35)27-18-36-26-9-5-4-8-23(26)27/h1-9,14-15,17-18,20,31H,10-13,16H2,(H2,30,33). The molecule has 3 N–H and O–H groups in total. The van der Waals surface area contributed by atoms with Crippen LogP contribution in [0, 0.1) is 0 Å². The van der Waals surface area contributed by atoms with Crippen molar-refractivity contribution >= 4 is 48.3 Å². The molecule has 0 bridgehead atoms. The number of nitrogens with one attached hydrogen (secondary N) is 1. The molecule has 0 saturated carbocycles. The molecule has 6 rings (SSSR count). The van der Waals surface area contributed by atoms with E-state index in [-0.39, 0.29) is 18.2 Å². The average molecular weight is 530 g/mol. The number of benzene rings is 3. The molecule has 0 spiro atoms. The number of sulfonamides is 1. The lowest BCUT2D eigenvalue weighted by atomic mass is 9.88. The molecular weight excluding hydrogens is 502 g/mol. The Morgan fingerprint density at radius 3 is 2.46 bits per heavy atom. The van der Waals surface area contributed by atoms with Gasteiger partial charge in [-0.05, 0) is 59.2 Å². The number of carbonyl (C=O) groups is 1. The van der Waals surface area contributed by atoms with Crippen LogP contribution in [0.1, 0.15) is 29.9 Å². The number of amides is 1. The summed E-state index contributed by atoms with van der Waals surface area (Å²) in [6.07, 6.45) is 3.64. The molecule has 3 aromatic carbocycles. The van der Waals surface area contributed by atoms with Gasteiger partial charge in [-0.3, -0.25) is 4.79 Å². The van der Waals surface area contributed by atoms with E-state index in [0.717, 1.165) is 56.1 Å². The Morgan fingerprint density at radius 2 is 1.70 bits per heavy atom. The molecule has 1 aliphatic heterocycles. The summed E-state index contributed by atoms with van der Waals surface area (Å²) in [4.78, 5) is 15.6. The molecule has 6 nitrogen and oxygen atoms in total. The second-order valence-electron chi connectivity index (χ2n) is 9.59. The van der Waals surface area contributed by atoms with Gasteiger partial charge in [0, 0.05) is 45.7 Å². The first-order valence-electron chi connectivity index (χ1n) is 12.4. The minimum absolute atomic E-state index is 0.155. The summed E-state index contributed by atoms with van der Waals surface area (Å²) >= 11 is 1.47. The number of thiophene rings is 1. The van der Waals surface area contributed by atoms with E-state index in [0.29, 0.717) is 18.0 Å². The minimum atomic E-state index is -3.56. The molecule has 0 aliphatic carbocycles. The summed E-state index contributed by atoms with van der Waals surface area (Å²) in [5.74, 6) is -0.158. The second-order valence-corrected chi connectivity index (χ2v) is 12.4. The highest BCUT2D eigenvalue weighted by atomic mass is 32.2. The van der Waals surface area contributed by atoms with Gasteiger partial charge < -0.3 is 10.7 Å². The van der Waals surface area contributed by atoms with Gasteiger partial charge >= 0.3 is 0 Å². The van der Waals surface area contributed by atoms with E-state index >= 15 is 0 Å². The van der Waals surface area contributed by atoms with Crippen LogP contribution in [0.3, 0.4) is 0 Å². The van der Waals surface area contributed by atoms with Crippen LogP contribution in [0.5, 0.6) is 0 Å². The zero-order valence-electron chi connectivity index (χ0n) is 20.2. The summed E-state index contributed by atoms with van der Waals surface area (Å²) in [5, 5.41) is 3.63. The third-order valence-corrected chi connectivity index (χ3v) is 10.4. The Bertz CT molecular complexity index is 1710. The van der Waals surface area contributed by atoms with Gasteiger partial charge in [-0.2, -0.15) is 4.31 Å². The highest BCUT2D eigenvalue weighted by Gasteiger charge is 2.32. The van der Waals surface area contributed by atoms with Crippen molar-refractivity contribution in [1.82, 2.24) is 9.29 Å². The number of H-pyrrole nitrogens is 1. The Labute approximate surface area is 219 Å². The molecule has 0 unspecified atom stereocenters. The van der Waals surface area contributed by atoms with Gasteiger partial charge in [-0.25, -0.2) is 8.42 Å². The first-order chi connectivity index (χ1) is 17.9. The van der Waals surface area contributed by atoms with E-state index in [1.807, 2.05) is 54.7 Å². The summed E-state index contributed by atoms with van der Waals surface area (Å²) in [5.41, 5.74) is 10.6. The van der Waals surface area contributed by atoms with Crippen molar-refractivity contribution < 1.29 is 13.2 Å². The van der Waals surface area contributed by atoms with Gasteiger partial charge in [0.1, 0.15) is 4.90 Å². The molecule has 1 fully saturated rings. The first-order valence-corrected chi connectivity index (χ1v) is 14.7. The number of hydrogen-bond acceptors (Lipinski definition) is 4. The number of carbonyl (C=O) groups excluding carboxylic acids is 1. The van der Waals surface area contributed by atoms with Gasteiger partial charge in [-0.15, -0.1) is 11.3 Å². The Kier molecular flexibility index (Phi) is 6.10. The maximum atomic E-state index is 13.5. The molecule has 1 amide bonds. The predicted octanol–water partition coefficient (Wildman–Crippen LogP) is 5.65. The van der Waals surface area contributed by atoms with Gasteiger partial charge in [0.05, 0.1) is 6.42 Å². The van der Waals surface area contributed by atoms with Crippen LogP contribution >= 0.6 is 11.3 Å². The van der Waals surface area contributed by atoms with E-state index in [9.17, 15) is 13.2 Å². The Hall–Kier alpha value is -3.46. The number of nitrogens with two attached hydrogens (primary N) is 1. The maximum absolute atomic E-state index is 13.5. The smallest absolute Gasteiger partial charge is 0.244 e. The molecule has 37 heavy (non-hydrogen) atoms. The molecule has 0 atom stereocenters. The zero-order valence-corrected chi connectivity index (χ0v) is 21.8. The SMILES string of the molecule is NC(=O)Cc1cc(-c2ccccc2)cc2c(C3CCN(S(=O)(=O)c4csc5ccccc45)CC3)c[nH]c12. The van der Waals surface area contributed by atoms with Crippen molar-refractivity contribution in [3.63, 3.8) is 0 Å². The van der Waals surface area contributed by atoms with Crippen LogP contribution in [0.2, 0.25) is 0 Å². The number of nitrogens with zero attached hydrogens (tertiary/aromatic N) is 1. The number of aromatic amines is 1. The van der Waals surface area contributed by atoms with Crippen molar-refractivity contribution in [2.45, 2.75) is 30.1 Å². The lowest BCUT2D eigenvalue weighted by molar-refractivity contribution is -0.117. The van der Waals surface area contributed by atoms with Crippen molar-refractivity contribution in [2.75, 3.05) is 13.1 Å². The molecule has 2 aromatic heterocycles. The molecule has 0 radical (unpaired) electrons. The molecule has 8 heteroatoms. The van der Waals surface area contributed by atoms with Crippen LogP contribution in [0.4, 0.5) is 0 Å². The van der Waals surface area contributed by atoms with Crippen LogP contribution in [0.15, 0.2) is 83.2 Å². The lowest BCUT2D eigenvalue weighted by Gasteiger charge is -2.31. The van der Waals surface area contributed by atoms with Crippen molar-refractivity contribution in [3.8, 4) is 11.1 Å². The number of primary amides is 1. The van der Waals surface area contributed by atoms with Gasteiger partial charge in [0.15, 0.2) is 0 Å². The average Bonchev–Trinajstić information content (AvgIpc) is 3.54. The predicted molar refractivity (Wildman–Crippen MR) is 149 cm³/mol. The van der Waals surface area contributed by atoms with E-state index in [4.69, 9.17) is 5.73 Å². The van der Waals surface area contributed by atoms with Crippen LogP contribution in [-0.4, -0.2) is 36.7 Å². The number of fused-ring (bicyclic) bond motifs is 2. The van der Waals surface area contributed by atoms with E-state index in [1.165, 1.54) is 11.3 Å². The third-order valence-electron chi connectivity index (χ3n) is 7.33. The summed E-state index contributed by atoms with van der Waals surface area (Å²) in [7, 11) is -3.56. The van der Waals surface area contributed by atoms with Crippen molar-refractivity contribution in [3.05, 3.63) is 89.4 Å². The number of hydrogen-bond donors (Lipinski definition) is 2. The highest BCUT2D eigenvalue weighted by molar-refractivity contribution is 7.89. The summed E-state index contributed by atoms with van der Waals surface area (Å²) in [6.45, 7) is 0.937. The van der Waals surface area contributed by atoms with Gasteiger partial charge in [0.2, 0.25) is 15.9 Å². The fraction of sp³-hybridized carbons (Fsp3) is 0.207. The fourth-order valence-electron chi connectivity index (χ4n) is 5.49. The first kappa shape index (κ1) is 23.9. The zero-order chi connectivity index (χ0) is 25.6. The quantitative estimate of drug-likeness (QED) is 0.298. The minimum Gasteiger partial charge on any atom is -0.369 e. The van der Waals surface area contributed by atoms with Gasteiger partial charge in [-0.1, -0.05) is 48.5 Å². The molecule has 1 aliphatic rings. The third kappa shape index (κ3) is 4.35. The van der Waals surface area contributed by atoms with Crippen molar-refractivity contribution in [1.29, 1.82) is 0 Å². The number of aromatic nitrogens is 1. The van der Waals surface area contributed by atoms with Crippen LogP contribution < -0.4 is 5.73 Å². The van der Waals surface area contributed by atoms with E-state index < -0.39 is 10.0 Å². The topological polar surface area (TPSA) is 96.3 Å². The Morgan fingerprint density at radius 1 is 0.973 bits per heavy atom. The second kappa shape index (κ2) is 9.45. The van der Waals surface area contributed by atoms with Crippen LogP contribution in [-0.2, 0) is 21.2 Å². The number of rotatable bonds is 6. The Balaban J connectivity index is 1.31.